The average Bonchev–Trinajstić information content (AvgIpc) is 2.83. The van der Waals surface area contributed by atoms with Gasteiger partial charge in [0.1, 0.15) is 6.10 Å². The first-order chi connectivity index (χ1) is 8.02. The van der Waals surface area contributed by atoms with Gasteiger partial charge in [-0.1, -0.05) is 25.5 Å². The molecule has 4 atom stereocenters. The van der Waals surface area contributed by atoms with Crippen molar-refractivity contribution in [3.8, 4) is 0 Å². The molecule has 0 heterocycles. The highest BCUT2D eigenvalue weighted by Crippen LogP contribution is 2.53. The topological polar surface area (TPSA) is 26.3 Å². The molecule has 0 radical (unpaired) electrons. The maximum atomic E-state index is 11.2. The van der Waals surface area contributed by atoms with E-state index < -0.39 is 0 Å². The van der Waals surface area contributed by atoms with E-state index >= 15 is 0 Å². The highest BCUT2D eigenvalue weighted by molar-refractivity contribution is 5.66. The van der Waals surface area contributed by atoms with Crippen molar-refractivity contribution in [2.75, 3.05) is 0 Å². The molecule has 0 N–H and O–H groups in total. The fourth-order valence-electron chi connectivity index (χ4n) is 3.86. The van der Waals surface area contributed by atoms with Gasteiger partial charge in [-0.25, -0.2) is 0 Å². The van der Waals surface area contributed by atoms with Gasteiger partial charge in [-0.3, -0.25) is 4.79 Å². The van der Waals surface area contributed by atoms with E-state index in [4.69, 9.17) is 4.74 Å². The van der Waals surface area contributed by atoms with Gasteiger partial charge in [0.15, 0.2) is 0 Å². The van der Waals surface area contributed by atoms with E-state index in [9.17, 15) is 4.79 Å². The third kappa shape index (κ3) is 2.41. The number of carbonyl (C=O) groups excluding carboxylic acids is 1. The van der Waals surface area contributed by atoms with Crippen molar-refractivity contribution in [2.24, 2.45) is 23.7 Å². The molecule has 17 heavy (non-hydrogen) atoms. The van der Waals surface area contributed by atoms with E-state index in [0.29, 0.717) is 17.8 Å². The predicted molar refractivity (Wildman–Crippen MR) is 68.5 cm³/mol. The van der Waals surface area contributed by atoms with Crippen LogP contribution in [0.3, 0.4) is 0 Å². The number of esters is 1. The summed E-state index contributed by atoms with van der Waals surface area (Å²) in [5, 5.41) is 0. The molecular formula is C15H24O2. The summed E-state index contributed by atoms with van der Waals surface area (Å²) in [4.78, 5) is 11.2. The van der Waals surface area contributed by atoms with Crippen LogP contribution in [0.1, 0.15) is 47.0 Å². The molecule has 0 spiro atoms. The van der Waals surface area contributed by atoms with E-state index in [2.05, 4.69) is 26.8 Å². The lowest BCUT2D eigenvalue weighted by atomic mass is 9.78. The van der Waals surface area contributed by atoms with Gasteiger partial charge in [-0.2, -0.15) is 0 Å². The molecule has 2 bridgehead atoms. The SMILES string of the molecule is C/C=C1\CC2CC1C(C(OC(C)=O)C(C)C)C2. The van der Waals surface area contributed by atoms with E-state index in [1.54, 1.807) is 5.57 Å². The maximum absolute atomic E-state index is 11.2. The number of allylic oxidation sites excluding steroid dienone is 2. The lowest BCUT2D eigenvalue weighted by Gasteiger charge is -2.33. The monoisotopic (exact) mass is 236 g/mol. The van der Waals surface area contributed by atoms with Crippen LogP contribution in [-0.4, -0.2) is 12.1 Å². The molecule has 2 fully saturated rings. The molecule has 2 nitrogen and oxygen atoms in total. The van der Waals surface area contributed by atoms with Gasteiger partial charge in [0, 0.05) is 12.8 Å². The Morgan fingerprint density at radius 2 is 2.12 bits per heavy atom. The van der Waals surface area contributed by atoms with Crippen molar-refractivity contribution in [3.05, 3.63) is 11.6 Å². The summed E-state index contributed by atoms with van der Waals surface area (Å²) in [6.07, 6.45) is 6.23. The Morgan fingerprint density at radius 1 is 1.41 bits per heavy atom. The maximum Gasteiger partial charge on any atom is 0.302 e. The lowest BCUT2D eigenvalue weighted by Crippen LogP contribution is -2.34. The van der Waals surface area contributed by atoms with Crippen molar-refractivity contribution < 1.29 is 9.53 Å². The van der Waals surface area contributed by atoms with Crippen LogP contribution >= 0.6 is 0 Å². The molecule has 2 saturated carbocycles. The van der Waals surface area contributed by atoms with Crippen LogP contribution < -0.4 is 0 Å². The molecule has 2 aliphatic carbocycles. The Kier molecular flexibility index (Phi) is 3.60. The third-order valence-corrected chi connectivity index (χ3v) is 4.46. The first-order valence-corrected chi connectivity index (χ1v) is 6.85. The normalized spacial score (nSPS) is 35.6. The molecule has 0 saturated heterocycles. The first-order valence-electron chi connectivity index (χ1n) is 6.85. The fraction of sp³-hybridized carbons (Fsp3) is 0.800. The number of hydrogen-bond acceptors (Lipinski definition) is 2. The fourth-order valence-corrected chi connectivity index (χ4v) is 3.86. The van der Waals surface area contributed by atoms with Crippen LogP contribution in [0.5, 0.6) is 0 Å². The van der Waals surface area contributed by atoms with E-state index in [1.165, 1.54) is 26.2 Å². The first kappa shape index (κ1) is 12.7. The molecule has 0 amide bonds. The lowest BCUT2D eigenvalue weighted by molar-refractivity contribution is -0.152. The van der Waals surface area contributed by atoms with E-state index in [0.717, 1.165) is 5.92 Å². The van der Waals surface area contributed by atoms with Crippen molar-refractivity contribution in [2.45, 2.75) is 53.1 Å². The van der Waals surface area contributed by atoms with Gasteiger partial charge in [-0.05, 0) is 43.9 Å². The summed E-state index contributed by atoms with van der Waals surface area (Å²) in [5.74, 6) is 2.36. The number of hydrogen-bond donors (Lipinski definition) is 0. The molecule has 4 unspecified atom stereocenters. The third-order valence-electron chi connectivity index (χ3n) is 4.46. The van der Waals surface area contributed by atoms with Crippen LogP contribution in [0, 0.1) is 23.7 Å². The Balaban J connectivity index is 2.13. The predicted octanol–water partition coefficient (Wildman–Crippen LogP) is 3.57. The zero-order valence-corrected chi connectivity index (χ0v) is 11.4. The van der Waals surface area contributed by atoms with Gasteiger partial charge in [0.05, 0.1) is 0 Å². The standard InChI is InChI=1S/C15H24O2/c1-5-12-6-11-7-13(12)14(8-11)15(9(2)3)17-10(4)16/h5,9,11,13-15H,6-8H2,1-4H3/b12-5+. The quantitative estimate of drug-likeness (QED) is 0.553. The number of ether oxygens (including phenoxy) is 1. The van der Waals surface area contributed by atoms with Gasteiger partial charge in [0.25, 0.3) is 0 Å². The van der Waals surface area contributed by atoms with Gasteiger partial charge < -0.3 is 4.74 Å². The number of fused-ring (bicyclic) bond motifs is 2. The summed E-state index contributed by atoms with van der Waals surface area (Å²) >= 11 is 0. The van der Waals surface area contributed by atoms with Gasteiger partial charge in [0.2, 0.25) is 0 Å². The average molecular weight is 236 g/mol. The minimum atomic E-state index is -0.131. The molecule has 0 aromatic heterocycles. The van der Waals surface area contributed by atoms with E-state index in [1.807, 2.05) is 0 Å². The minimum Gasteiger partial charge on any atom is -0.462 e. The zero-order chi connectivity index (χ0) is 12.6. The smallest absolute Gasteiger partial charge is 0.302 e. The second-order valence-electron chi connectivity index (χ2n) is 5.99. The largest absolute Gasteiger partial charge is 0.462 e. The number of carbonyl (C=O) groups is 1. The van der Waals surface area contributed by atoms with Crippen molar-refractivity contribution in [1.29, 1.82) is 0 Å². The molecule has 96 valence electrons. The summed E-state index contributed by atoms with van der Waals surface area (Å²) in [7, 11) is 0. The van der Waals surface area contributed by atoms with Crippen LogP contribution in [0.2, 0.25) is 0 Å². The summed E-state index contributed by atoms with van der Waals surface area (Å²) in [5.41, 5.74) is 1.60. The van der Waals surface area contributed by atoms with Crippen molar-refractivity contribution in [3.63, 3.8) is 0 Å². The number of rotatable bonds is 3. The van der Waals surface area contributed by atoms with Crippen LogP contribution in [0.4, 0.5) is 0 Å². The Hall–Kier alpha value is -0.790. The Morgan fingerprint density at radius 3 is 2.59 bits per heavy atom. The summed E-state index contributed by atoms with van der Waals surface area (Å²) in [6.45, 7) is 7.99. The molecule has 0 aromatic rings. The van der Waals surface area contributed by atoms with Crippen molar-refractivity contribution in [1.82, 2.24) is 0 Å². The minimum absolute atomic E-state index is 0.109. The highest BCUT2D eigenvalue weighted by Gasteiger charge is 2.47. The van der Waals surface area contributed by atoms with Crippen molar-refractivity contribution >= 4 is 5.97 Å². The van der Waals surface area contributed by atoms with Crippen LogP contribution in [0.15, 0.2) is 11.6 Å². The van der Waals surface area contributed by atoms with Gasteiger partial charge >= 0.3 is 5.97 Å². The molecule has 0 aromatic carbocycles. The highest BCUT2D eigenvalue weighted by atomic mass is 16.5. The summed E-state index contributed by atoms with van der Waals surface area (Å²) in [6, 6.07) is 0. The second kappa shape index (κ2) is 4.83. The molecular weight excluding hydrogens is 212 g/mol. The van der Waals surface area contributed by atoms with Gasteiger partial charge in [-0.15, -0.1) is 0 Å². The molecule has 2 aliphatic rings. The Labute approximate surface area is 104 Å². The van der Waals surface area contributed by atoms with Crippen LogP contribution in [-0.2, 0) is 9.53 Å². The molecule has 0 aliphatic heterocycles. The summed E-state index contributed by atoms with van der Waals surface area (Å²) < 4.78 is 5.58. The van der Waals surface area contributed by atoms with E-state index in [-0.39, 0.29) is 12.1 Å². The Bertz CT molecular complexity index is 330. The zero-order valence-electron chi connectivity index (χ0n) is 11.4. The second-order valence-corrected chi connectivity index (χ2v) is 5.99. The molecule has 2 heteroatoms. The molecule has 2 rings (SSSR count). The van der Waals surface area contributed by atoms with Crippen LogP contribution in [0.25, 0.3) is 0 Å².